The molecule has 1 heterocycles. The number of ether oxygens (including phenoxy) is 3. The number of anilines is 1. The maximum Gasteiger partial charge on any atom is 0.371 e. The SMILES string of the molecule is CCCOCCCc1cccc(-c2nc(NC(=O)c3cc(F)c(C=C(OC)C(=O)O)c(F)c3)sc2OC)c1. The summed E-state index contributed by atoms with van der Waals surface area (Å²) in [4.78, 5) is 28.3. The molecular weight excluding hydrogens is 518 g/mol. The van der Waals surface area contributed by atoms with Gasteiger partial charge in [0.1, 0.15) is 17.3 Å². The van der Waals surface area contributed by atoms with Gasteiger partial charge in [-0.15, -0.1) is 0 Å². The van der Waals surface area contributed by atoms with E-state index in [0.29, 0.717) is 23.4 Å². The number of amides is 1. The van der Waals surface area contributed by atoms with Gasteiger partial charge in [-0.2, -0.15) is 0 Å². The minimum atomic E-state index is -1.49. The lowest BCUT2D eigenvalue weighted by atomic mass is 10.1. The highest BCUT2D eigenvalue weighted by atomic mass is 32.1. The Bertz CT molecular complexity index is 1300. The summed E-state index contributed by atoms with van der Waals surface area (Å²) in [6, 6.07) is 9.40. The van der Waals surface area contributed by atoms with Gasteiger partial charge in [-0.25, -0.2) is 18.6 Å². The molecule has 0 aliphatic carbocycles. The lowest BCUT2D eigenvalue weighted by Crippen LogP contribution is -2.13. The van der Waals surface area contributed by atoms with E-state index in [1.165, 1.54) is 7.11 Å². The van der Waals surface area contributed by atoms with Crippen molar-refractivity contribution in [1.29, 1.82) is 0 Å². The van der Waals surface area contributed by atoms with E-state index >= 15 is 0 Å². The molecule has 2 aromatic carbocycles. The molecule has 0 spiro atoms. The third-order valence-corrected chi connectivity index (χ3v) is 6.28. The number of nitrogens with one attached hydrogen (secondary N) is 1. The number of aliphatic carboxylic acids is 1. The van der Waals surface area contributed by atoms with Crippen LogP contribution in [0.3, 0.4) is 0 Å². The van der Waals surface area contributed by atoms with Crippen molar-refractivity contribution >= 4 is 34.4 Å². The summed E-state index contributed by atoms with van der Waals surface area (Å²) in [6.45, 7) is 3.48. The number of carbonyl (C=O) groups is 2. The molecule has 0 fully saturated rings. The molecule has 8 nitrogen and oxygen atoms in total. The van der Waals surface area contributed by atoms with Crippen LogP contribution in [-0.2, 0) is 20.7 Å². The third kappa shape index (κ3) is 7.36. The molecule has 3 aromatic rings. The van der Waals surface area contributed by atoms with E-state index in [4.69, 9.17) is 14.6 Å². The third-order valence-electron chi connectivity index (χ3n) is 5.35. The Kier molecular flexibility index (Phi) is 10.3. The molecule has 11 heteroatoms. The highest BCUT2D eigenvalue weighted by Gasteiger charge is 2.20. The largest absolute Gasteiger partial charge is 0.490 e. The second kappa shape index (κ2) is 13.6. The van der Waals surface area contributed by atoms with Crippen LogP contribution in [0.25, 0.3) is 17.3 Å². The first kappa shape index (κ1) is 28.7. The van der Waals surface area contributed by atoms with Crippen LogP contribution >= 0.6 is 11.3 Å². The Morgan fingerprint density at radius 3 is 2.50 bits per heavy atom. The molecule has 1 aromatic heterocycles. The van der Waals surface area contributed by atoms with E-state index in [9.17, 15) is 18.4 Å². The number of rotatable bonds is 13. The number of carboxylic acids is 1. The van der Waals surface area contributed by atoms with Crippen molar-refractivity contribution in [3.63, 3.8) is 0 Å². The molecule has 0 unspecified atom stereocenters. The van der Waals surface area contributed by atoms with Crippen LogP contribution in [0.2, 0.25) is 0 Å². The van der Waals surface area contributed by atoms with Gasteiger partial charge in [0.05, 0.1) is 14.2 Å². The number of aryl methyl sites for hydroxylation is 1. The number of methoxy groups -OCH3 is 2. The Morgan fingerprint density at radius 2 is 1.87 bits per heavy atom. The quantitative estimate of drug-likeness (QED) is 0.159. The number of hydrogen-bond acceptors (Lipinski definition) is 7. The Hall–Kier alpha value is -3.83. The van der Waals surface area contributed by atoms with Crippen molar-refractivity contribution in [1.82, 2.24) is 4.98 Å². The molecule has 0 atom stereocenters. The molecule has 3 rings (SSSR count). The van der Waals surface area contributed by atoms with E-state index in [1.54, 1.807) is 0 Å². The highest BCUT2D eigenvalue weighted by molar-refractivity contribution is 7.18. The lowest BCUT2D eigenvalue weighted by molar-refractivity contribution is -0.135. The smallest absolute Gasteiger partial charge is 0.371 e. The summed E-state index contributed by atoms with van der Waals surface area (Å²) in [5.74, 6) is -5.20. The zero-order valence-electron chi connectivity index (χ0n) is 21.2. The first-order valence-electron chi connectivity index (χ1n) is 11.8. The van der Waals surface area contributed by atoms with Crippen LogP contribution in [0, 0.1) is 11.6 Å². The van der Waals surface area contributed by atoms with Crippen molar-refractivity contribution in [2.75, 3.05) is 32.8 Å². The number of nitrogens with zero attached hydrogens (tertiary/aromatic N) is 1. The summed E-state index contributed by atoms with van der Waals surface area (Å²) in [5, 5.41) is 12.2. The van der Waals surface area contributed by atoms with Crippen LogP contribution in [-0.4, -0.2) is 49.4 Å². The second-order valence-electron chi connectivity index (χ2n) is 8.10. The fraction of sp³-hybridized carbons (Fsp3) is 0.296. The van der Waals surface area contributed by atoms with Crippen LogP contribution < -0.4 is 10.1 Å². The molecule has 2 N–H and O–H groups in total. The number of aromatic nitrogens is 1. The molecule has 1 amide bonds. The van der Waals surface area contributed by atoms with Crippen molar-refractivity contribution in [2.24, 2.45) is 0 Å². The van der Waals surface area contributed by atoms with Crippen molar-refractivity contribution in [3.05, 3.63) is 70.5 Å². The van der Waals surface area contributed by atoms with Gasteiger partial charge in [0.2, 0.25) is 10.8 Å². The molecule has 0 aliphatic rings. The van der Waals surface area contributed by atoms with Gasteiger partial charge in [0.15, 0.2) is 5.13 Å². The predicted molar refractivity (Wildman–Crippen MR) is 140 cm³/mol. The van der Waals surface area contributed by atoms with E-state index in [2.05, 4.69) is 22.0 Å². The molecule has 0 bridgehead atoms. The van der Waals surface area contributed by atoms with E-state index in [1.807, 2.05) is 24.3 Å². The minimum Gasteiger partial charge on any atom is -0.490 e. The van der Waals surface area contributed by atoms with Crippen molar-refractivity contribution < 1.29 is 37.7 Å². The second-order valence-corrected chi connectivity index (χ2v) is 9.06. The number of benzene rings is 2. The standard InChI is InChI=1S/C27H28F2N2O6S/c1-4-10-37-11-6-8-16-7-5-9-17(12-16)23-26(36-3)38-27(30-23)31-24(32)18-13-20(28)19(21(29)14-18)15-22(35-2)25(33)34/h5,7,9,12-15H,4,6,8,10-11H2,1-3H3,(H,33,34)(H,30,31,32). The zero-order valence-corrected chi connectivity index (χ0v) is 22.0. The Balaban J connectivity index is 1.78. The van der Waals surface area contributed by atoms with E-state index in [0.717, 1.165) is 67.6 Å². The Morgan fingerprint density at radius 1 is 1.13 bits per heavy atom. The molecule has 0 saturated carbocycles. The topological polar surface area (TPSA) is 107 Å². The van der Waals surface area contributed by atoms with Crippen molar-refractivity contribution in [2.45, 2.75) is 26.2 Å². The average molecular weight is 547 g/mol. The van der Waals surface area contributed by atoms with Gasteiger partial charge in [-0.1, -0.05) is 36.5 Å². The number of carboxylic acid groups (broad SMARTS) is 1. The zero-order chi connectivity index (χ0) is 27.7. The fourth-order valence-electron chi connectivity index (χ4n) is 3.54. The molecule has 38 heavy (non-hydrogen) atoms. The summed E-state index contributed by atoms with van der Waals surface area (Å²) in [5.41, 5.74) is 1.47. The normalized spacial score (nSPS) is 11.3. The summed E-state index contributed by atoms with van der Waals surface area (Å²) >= 11 is 1.07. The van der Waals surface area contributed by atoms with E-state index < -0.39 is 34.8 Å². The van der Waals surface area contributed by atoms with Crippen LogP contribution in [0.1, 0.15) is 41.3 Å². The number of thiazole rings is 1. The number of halogens is 2. The average Bonchev–Trinajstić information content (AvgIpc) is 3.31. The maximum absolute atomic E-state index is 14.5. The van der Waals surface area contributed by atoms with E-state index in [-0.39, 0.29) is 10.7 Å². The van der Waals surface area contributed by atoms with Gasteiger partial charge >= 0.3 is 5.97 Å². The van der Waals surface area contributed by atoms with Crippen LogP contribution in [0.15, 0.2) is 42.2 Å². The first-order valence-corrected chi connectivity index (χ1v) is 12.6. The van der Waals surface area contributed by atoms with Gasteiger partial charge in [0.25, 0.3) is 5.91 Å². The minimum absolute atomic E-state index is 0.178. The van der Waals surface area contributed by atoms with Crippen LogP contribution in [0.5, 0.6) is 5.06 Å². The first-order chi connectivity index (χ1) is 18.3. The molecule has 0 saturated heterocycles. The van der Waals surface area contributed by atoms with Gasteiger partial charge < -0.3 is 19.3 Å². The number of hydrogen-bond donors (Lipinski definition) is 2. The molecule has 0 radical (unpaired) electrons. The van der Waals surface area contributed by atoms with Crippen molar-refractivity contribution in [3.8, 4) is 16.3 Å². The summed E-state index contributed by atoms with van der Waals surface area (Å²) < 4.78 is 44.7. The van der Waals surface area contributed by atoms with Gasteiger partial charge in [-0.3, -0.25) is 10.1 Å². The summed E-state index contributed by atoms with van der Waals surface area (Å²) in [7, 11) is 2.55. The highest BCUT2D eigenvalue weighted by Crippen LogP contribution is 2.38. The number of carbonyl (C=O) groups excluding carboxylic acids is 1. The summed E-state index contributed by atoms with van der Waals surface area (Å²) in [6.07, 6.45) is 3.39. The fourth-order valence-corrected chi connectivity index (χ4v) is 4.34. The monoisotopic (exact) mass is 546 g/mol. The predicted octanol–water partition coefficient (Wildman–Crippen LogP) is 5.78. The molecule has 0 aliphatic heterocycles. The van der Waals surface area contributed by atoms with Crippen LogP contribution in [0.4, 0.5) is 13.9 Å². The van der Waals surface area contributed by atoms with Gasteiger partial charge in [0, 0.05) is 36.0 Å². The molecule has 202 valence electrons. The molecular formula is C27H28F2N2O6S. The lowest BCUT2D eigenvalue weighted by Gasteiger charge is -2.07. The maximum atomic E-state index is 14.5. The van der Waals surface area contributed by atoms with Gasteiger partial charge in [-0.05, 0) is 43.0 Å². The Labute approximate surface area is 222 Å².